The third-order valence-corrected chi connectivity index (χ3v) is 2.70. The molecule has 0 radical (unpaired) electrons. The molecule has 0 amide bonds. The van der Waals surface area contributed by atoms with Crippen molar-refractivity contribution in [3.8, 4) is 5.75 Å². The molecule has 116 valence electrons. The number of anilines is 1. The molecule has 0 fully saturated rings. The van der Waals surface area contributed by atoms with E-state index in [1.54, 1.807) is 0 Å². The molecule has 23 heavy (non-hydrogen) atoms. The zero-order valence-corrected chi connectivity index (χ0v) is 11.6. The van der Waals surface area contributed by atoms with E-state index in [0.717, 1.165) is 0 Å². The molecule has 2 aromatic carbocycles. The topological polar surface area (TPSA) is 122 Å². The van der Waals surface area contributed by atoms with Crippen molar-refractivity contribution in [2.24, 2.45) is 0 Å². The summed E-state index contributed by atoms with van der Waals surface area (Å²) < 4.78 is 9.58. The van der Waals surface area contributed by atoms with Crippen molar-refractivity contribution in [3.63, 3.8) is 0 Å². The lowest BCUT2D eigenvalue weighted by Crippen LogP contribution is -2.10. The van der Waals surface area contributed by atoms with E-state index >= 15 is 0 Å². The van der Waals surface area contributed by atoms with Crippen molar-refractivity contribution >= 4 is 29.2 Å². The van der Waals surface area contributed by atoms with Gasteiger partial charge in [-0.3, -0.25) is 10.1 Å². The molecule has 0 bridgehead atoms. The minimum absolute atomic E-state index is 0.0307. The van der Waals surface area contributed by atoms with E-state index in [1.807, 2.05) is 0 Å². The molecule has 0 saturated heterocycles. The minimum Gasteiger partial charge on any atom is -0.399 e. The fraction of sp³-hybridized carbons (Fsp3) is 0. The maximum Gasteiger partial charge on any atom is 0.520 e. The average molecular weight is 314 g/mol. The van der Waals surface area contributed by atoms with Gasteiger partial charge < -0.3 is 15.2 Å². The van der Waals surface area contributed by atoms with Crippen molar-refractivity contribution in [1.82, 2.24) is 0 Å². The first-order valence-corrected chi connectivity index (χ1v) is 6.24. The summed E-state index contributed by atoms with van der Waals surface area (Å²) in [7, 11) is 0. The Labute approximate surface area is 129 Å². The zero-order chi connectivity index (χ0) is 16.8. The second-order valence-corrected chi connectivity index (χ2v) is 4.26. The highest BCUT2D eigenvalue weighted by Crippen LogP contribution is 2.20. The van der Waals surface area contributed by atoms with E-state index in [0.29, 0.717) is 11.3 Å². The number of rotatable bonds is 4. The molecule has 0 aliphatic heterocycles. The molecule has 0 aromatic heterocycles. The van der Waals surface area contributed by atoms with Gasteiger partial charge in [-0.05, 0) is 36.4 Å². The Balaban J connectivity index is 2.04. The van der Waals surface area contributed by atoms with Gasteiger partial charge in [0.1, 0.15) is 5.75 Å². The normalized spacial score (nSPS) is 9.57. The minimum atomic E-state index is -1.17. The van der Waals surface area contributed by atoms with Gasteiger partial charge in [0.15, 0.2) is 5.94 Å². The summed E-state index contributed by atoms with van der Waals surface area (Å²) in [6.45, 7) is 0. The number of carbonyl (C=O) groups is 1. The van der Waals surface area contributed by atoms with Gasteiger partial charge in [-0.25, -0.2) is 9.59 Å². The lowest BCUT2D eigenvalue weighted by Gasteiger charge is -2.06. The standard InChI is InChI=1S/C15H10N2O6/c16-11-3-1-10(2-4-11)14(9-18)23-15(19)22-13-7-5-12(6-8-13)17(20)21/h1-8H,16H2. The number of hydrogen-bond acceptors (Lipinski definition) is 7. The smallest absolute Gasteiger partial charge is 0.399 e. The lowest BCUT2D eigenvalue weighted by molar-refractivity contribution is -0.384. The van der Waals surface area contributed by atoms with Gasteiger partial charge in [-0.15, -0.1) is 0 Å². The molecule has 0 aliphatic rings. The Morgan fingerprint density at radius 2 is 1.70 bits per heavy atom. The molecule has 2 rings (SSSR count). The number of nitrogen functional groups attached to an aromatic ring is 1. The first-order valence-electron chi connectivity index (χ1n) is 6.24. The second-order valence-electron chi connectivity index (χ2n) is 4.26. The second kappa shape index (κ2) is 6.88. The lowest BCUT2D eigenvalue weighted by atomic mass is 10.2. The van der Waals surface area contributed by atoms with Crippen LogP contribution in [0.25, 0.3) is 5.76 Å². The summed E-state index contributed by atoms with van der Waals surface area (Å²) in [5.74, 6) is 1.16. The Hall–Kier alpha value is -3.64. The largest absolute Gasteiger partial charge is 0.520 e. The molecular weight excluding hydrogens is 304 g/mol. The van der Waals surface area contributed by atoms with Crippen LogP contribution >= 0.6 is 0 Å². The maximum absolute atomic E-state index is 11.6. The summed E-state index contributed by atoms with van der Waals surface area (Å²) in [5, 5.41) is 10.5. The highest BCUT2D eigenvalue weighted by atomic mass is 16.7. The summed E-state index contributed by atoms with van der Waals surface area (Å²) in [5.41, 5.74) is 6.15. The van der Waals surface area contributed by atoms with Crippen LogP contribution in [-0.4, -0.2) is 17.0 Å². The highest BCUT2D eigenvalue weighted by molar-refractivity contribution is 5.88. The first-order chi connectivity index (χ1) is 11.0. The van der Waals surface area contributed by atoms with Crippen molar-refractivity contribution in [2.45, 2.75) is 0 Å². The van der Waals surface area contributed by atoms with Gasteiger partial charge in [-0.2, -0.15) is 0 Å². The molecule has 0 saturated carbocycles. The SMILES string of the molecule is Nc1ccc(C(=C=O)OC(=O)Oc2ccc([N+](=O)[O-])cc2)cc1. The Kier molecular flexibility index (Phi) is 4.71. The van der Waals surface area contributed by atoms with Gasteiger partial charge in [0.2, 0.25) is 5.76 Å². The molecule has 8 heteroatoms. The Morgan fingerprint density at radius 3 is 2.22 bits per heavy atom. The predicted molar refractivity (Wildman–Crippen MR) is 80.2 cm³/mol. The quantitative estimate of drug-likeness (QED) is 0.175. The number of hydrogen-bond donors (Lipinski definition) is 1. The van der Waals surface area contributed by atoms with Crippen LogP contribution in [0.4, 0.5) is 16.2 Å². The van der Waals surface area contributed by atoms with Crippen molar-refractivity contribution in [2.75, 3.05) is 5.73 Å². The van der Waals surface area contributed by atoms with Crippen molar-refractivity contribution in [1.29, 1.82) is 0 Å². The van der Waals surface area contributed by atoms with Crippen LogP contribution in [-0.2, 0) is 9.53 Å². The van der Waals surface area contributed by atoms with Crippen LogP contribution in [0.5, 0.6) is 5.75 Å². The molecule has 0 heterocycles. The first kappa shape index (κ1) is 15.7. The van der Waals surface area contributed by atoms with E-state index in [4.69, 9.17) is 15.2 Å². The van der Waals surface area contributed by atoms with Gasteiger partial charge in [0.25, 0.3) is 5.69 Å². The van der Waals surface area contributed by atoms with E-state index in [-0.39, 0.29) is 17.2 Å². The van der Waals surface area contributed by atoms with Crippen LogP contribution in [0, 0.1) is 10.1 Å². The summed E-state index contributed by atoms with van der Waals surface area (Å²) >= 11 is 0. The third-order valence-electron chi connectivity index (χ3n) is 2.70. The van der Waals surface area contributed by atoms with Gasteiger partial charge in [0, 0.05) is 23.4 Å². The number of nitro groups is 1. The molecule has 8 nitrogen and oxygen atoms in total. The van der Waals surface area contributed by atoms with Crippen LogP contribution in [0.3, 0.4) is 0 Å². The molecule has 0 unspecified atom stereocenters. The average Bonchev–Trinajstić information content (AvgIpc) is 2.54. The van der Waals surface area contributed by atoms with Gasteiger partial charge in [0.05, 0.1) is 4.92 Å². The monoisotopic (exact) mass is 314 g/mol. The molecule has 0 atom stereocenters. The maximum atomic E-state index is 11.6. The predicted octanol–water partition coefficient (Wildman–Crippen LogP) is 2.57. The summed E-state index contributed by atoms with van der Waals surface area (Å²) in [6, 6.07) is 10.8. The number of non-ortho nitro benzene ring substituents is 1. The number of nitrogens with zero attached hydrogens (tertiary/aromatic N) is 1. The summed E-state index contributed by atoms with van der Waals surface area (Å²) in [4.78, 5) is 32.5. The Bertz CT molecular complexity index is 777. The number of nitrogens with two attached hydrogens (primary N) is 1. The van der Waals surface area contributed by atoms with Gasteiger partial charge in [-0.1, -0.05) is 0 Å². The number of carbonyl (C=O) groups excluding carboxylic acids is 2. The van der Waals surface area contributed by atoms with Crippen LogP contribution < -0.4 is 10.5 Å². The van der Waals surface area contributed by atoms with E-state index in [1.165, 1.54) is 54.5 Å². The third kappa shape index (κ3) is 4.16. The molecule has 0 aliphatic carbocycles. The number of benzene rings is 2. The van der Waals surface area contributed by atoms with Crippen LogP contribution in [0.1, 0.15) is 5.56 Å². The van der Waals surface area contributed by atoms with Crippen molar-refractivity contribution < 1.29 is 24.0 Å². The van der Waals surface area contributed by atoms with E-state index in [9.17, 15) is 19.7 Å². The fourth-order valence-electron chi connectivity index (χ4n) is 1.61. The van der Waals surface area contributed by atoms with Crippen LogP contribution in [0.15, 0.2) is 48.5 Å². The summed E-state index contributed by atoms with van der Waals surface area (Å²) in [6.07, 6.45) is -1.17. The molecule has 0 spiro atoms. The zero-order valence-electron chi connectivity index (χ0n) is 11.6. The van der Waals surface area contributed by atoms with E-state index in [2.05, 4.69) is 0 Å². The number of ether oxygens (including phenoxy) is 2. The van der Waals surface area contributed by atoms with Crippen molar-refractivity contribution in [3.05, 3.63) is 64.2 Å². The highest BCUT2D eigenvalue weighted by Gasteiger charge is 2.14. The Morgan fingerprint density at radius 1 is 1.09 bits per heavy atom. The van der Waals surface area contributed by atoms with Gasteiger partial charge >= 0.3 is 6.16 Å². The van der Waals surface area contributed by atoms with E-state index < -0.39 is 11.1 Å². The molecule has 2 N–H and O–H groups in total. The molecule has 2 aromatic rings. The van der Waals surface area contributed by atoms with Crippen LogP contribution in [0.2, 0.25) is 0 Å². The number of nitro benzene ring substituents is 1. The fourth-order valence-corrected chi connectivity index (χ4v) is 1.61. The molecular formula is C15H10N2O6.